The standard InChI is InChI=1S/C31H24ClN7O19S6/c32-29-35-30(33-16-4-6-17(7-5-16)59(41,42)11-10-58-64(55,56)57)37-31(36-29)34-22-14-18(60(43,44)45)12-15-13-24(62(49,50)51)26(27(40)25(15)22)39-38-21-9-8-19-20(28(21)63(52,53)54)2-1-3-23(19)61(46,47)48/h1-9,12-14,40H,10-11H2,(H,43,44,45)(H,46,47,48)(H,49,50,51)(H,52,53,54)(H,55,56,57)(H2,33,34,35,36,37)/b39-38+. The van der Waals surface area contributed by atoms with Gasteiger partial charge in [-0.2, -0.15) is 57.0 Å². The van der Waals surface area contributed by atoms with Gasteiger partial charge in [0.1, 0.15) is 26.1 Å². The largest absolute Gasteiger partial charge is 0.505 e. The summed E-state index contributed by atoms with van der Waals surface area (Å²) in [5.41, 5.74) is -2.38. The molecule has 340 valence electrons. The zero-order valence-corrected chi connectivity index (χ0v) is 36.6. The Morgan fingerprint density at radius 1 is 0.625 bits per heavy atom. The summed E-state index contributed by atoms with van der Waals surface area (Å²) in [6.45, 7) is -0.887. The van der Waals surface area contributed by atoms with E-state index in [1.807, 2.05) is 0 Å². The highest BCUT2D eigenvalue weighted by Gasteiger charge is 2.28. The summed E-state index contributed by atoms with van der Waals surface area (Å²) in [5, 5.41) is 21.5. The number of halogens is 1. The van der Waals surface area contributed by atoms with Crippen molar-refractivity contribution in [3.05, 3.63) is 78.1 Å². The van der Waals surface area contributed by atoms with E-state index < -0.39 is 148 Å². The third-order valence-corrected chi connectivity index (χ3v) is 14.2. The maximum atomic E-state index is 12.6. The van der Waals surface area contributed by atoms with Crippen molar-refractivity contribution in [3.8, 4) is 5.75 Å². The first-order valence-corrected chi connectivity index (χ1v) is 25.7. The predicted molar refractivity (Wildman–Crippen MR) is 220 cm³/mol. The number of phenols is 1. The molecule has 0 saturated heterocycles. The zero-order valence-electron chi connectivity index (χ0n) is 30.9. The van der Waals surface area contributed by atoms with Gasteiger partial charge in [-0.05, 0) is 71.6 Å². The first kappa shape index (κ1) is 47.8. The first-order chi connectivity index (χ1) is 29.4. The van der Waals surface area contributed by atoms with E-state index in [-0.39, 0.29) is 16.5 Å². The Balaban J connectivity index is 1.45. The Hall–Kier alpha value is -5.62. The molecule has 1 aromatic heterocycles. The van der Waals surface area contributed by atoms with Crippen LogP contribution in [0.4, 0.5) is 34.6 Å². The molecule has 0 unspecified atom stereocenters. The maximum absolute atomic E-state index is 12.6. The molecule has 0 fully saturated rings. The molecule has 0 spiro atoms. The van der Waals surface area contributed by atoms with Gasteiger partial charge in [0, 0.05) is 21.8 Å². The fourth-order valence-electron chi connectivity index (χ4n) is 5.79. The van der Waals surface area contributed by atoms with Crippen molar-refractivity contribution in [2.45, 2.75) is 24.5 Å². The summed E-state index contributed by atoms with van der Waals surface area (Å²) in [6.07, 6.45) is 0. The summed E-state index contributed by atoms with van der Waals surface area (Å²) >= 11 is 6.11. The number of azo groups is 1. The molecule has 0 saturated carbocycles. The number of nitrogens with zero attached hydrogens (tertiary/aromatic N) is 5. The number of hydrogen-bond donors (Lipinski definition) is 8. The number of hydrogen-bond acceptors (Lipinski definition) is 21. The van der Waals surface area contributed by atoms with Crippen LogP contribution in [0, 0.1) is 0 Å². The maximum Gasteiger partial charge on any atom is 0.397 e. The lowest BCUT2D eigenvalue weighted by molar-refractivity contribution is 0.284. The molecule has 0 atom stereocenters. The van der Waals surface area contributed by atoms with Crippen molar-refractivity contribution in [1.82, 2.24) is 15.0 Å². The molecule has 8 N–H and O–H groups in total. The topological polar surface area (TPSA) is 423 Å². The van der Waals surface area contributed by atoms with Crippen LogP contribution in [-0.2, 0) is 64.9 Å². The number of rotatable bonds is 15. The lowest BCUT2D eigenvalue weighted by atomic mass is 10.1. The Kier molecular flexibility index (Phi) is 12.8. The van der Waals surface area contributed by atoms with E-state index in [2.05, 4.69) is 40.0 Å². The highest BCUT2D eigenvalue weighted by atomic mass is 35.5. The van der Waals surface area contributed by atoms with E-state index in [0.717, 1.165) is 42.5 Å². The molecule has 0 radical (unpaired) electrons. The predicted octanol–water partition coefficient (Wildman–Crippen LogP) is 4.02. The number of sulfone groups is 1. The van der Waals surface area contributed by atoms with Gasteiger partial charge in [0.25, 0.3) is 40.5 Å². The summed E-state index contributed by atoms with van der Waals surface area (Å²) < 4.78 is 198. The molecular weight excluding hydrogens is 1000 g/mol. The first-order valence-electron chi connectivity index (χ1n) is 16.5. The van der Waals surface area contributed by atoms with Gasteiger partial charge in [0.05, 0.1) is 27.8 Å². The number of fused-ring (bicyclic) bond motifs is 2. The number of phenolic OH excluding ortho intramolecular Hbond substituents is 1. The minimum Gasteiger partial charge on any atom is -0.505 e. The van der Waals surface area contributed by atoms with E-state index in [9.17, 15) is 73.8 Å². The van der Waals surface area contributed by atoms with Crippen LogP contribution in [0.25, 0.3) is 21.5 Å². The van der Waals surface area contributed by atoms with Crippen LogP contribution < -0.4 is 10.6 Å². The molecule has 6 aromatic rings. The number of anilines is 4. The average Bonchev–Trinajstić information content (AvgIpc) is 3.14. The van der Waals surface area contributed by atoms with Crippen LogP contribution in [-0.4, -0.2) is 106 Å². The smallest absolute Gasteiger partial charge is 0.397 e. The molecule has 33 heteroatoms. The van der Waals surface area contributed by atoms with E-state index >= 15 is 0 Å². The zero-order chi connectivity index (χ0) is 47.4. The van der Waals surface area contributed by atoms with Crippen molar-refractivity contribution < 1.29 is 82.6 Å². The Morgan fingerprint density at radius 3 is 1.83 bits per heavy atom. The molecular formula is C31H24ClN7O19S6. The van der Waals surface area contributed by atoms with E-state index in [4.69, 9.17) is 16.2 Å². The highest BCUT2D eigenvalue weighted by molar-refractivity contribution is 7.91. The molecule has 6 rings (SSSR count). The molecule has 0 aliphatic rings. The Bertz CT molecular complexity index is 3660. The quantitative estimate of drug-likeness (QED) is 0.0532. The fraction of sp³-hybridized carbons (Fsp3) is 0.0645. The van der Waals surface area contributed by atoms with Gasteiger partial charge in [-0.1, -0.05) is 18.2 Å². The second-order valence-electron chi connectivity index (χ2n) is 12.6. The van der Waals surface area contributed by atoms with Gasteiger partial charge in [-0.15, -0.1) is 10.2 Å². The average molecular weight is 1030 g/mol. The van der Waals surface area contributed by atoms with Crippen LogP contribution in [0.1, 0.15) is 0 Å². The number of nitrogens with one attached hydrogen (secondary N) is 2. The van der Waals surface area contributed by atoms with Gasteiger partial charge in [-0.25, -0.2) is 12.6 Å². The molecule has 0 aliphatic heterocycles. The van der Waals surface area contributed by atoms with Crippen LogP contribution in [0.15, 0.2) is 108 Å². The molecule has 26 nitrogen and oxygen atoms in total. The number of benzene rings is 5. The van der Waals surface area contributed by atoms with Crippen LogP contribution in [0.5, 0.6) is 5.75 Å². The third-order valence-electron chi connectivity index (χ3n) is 8.35. The van der Waals surface area contributed by atoms with Crippen molar-refractivity contribution in [1.29, 1.82) is 0 Å². The second kappa shape index (κ2) is 17.1. The van der Waals surface area contributed by atoms with E-state index in [0.29, 0.717) is 18.2 Å². The molecule has 5 aromatic carbocycles. The summed E-state index contributed by atoms with van der Waals surface area (Å²) in [6, 6.07) is 11.2. The van der Waals surface area contributed by atoms with E-state index in [1.54, 1.807) is 0 Å². The number of aromatic nitrogens is 3. The fourth-order valence-corrected chi connectivity index (χ4v) is 10.2. The van der Waals surface area contributed by atoms with Crippen molar-refractivity contribution in [2.75, 3.05) is 23.0 Å². The molecule has 0 aliphatic carbocycles. The summed E-state index contributed by atoms with van der Waals surface area (Å²) in [7, 11) is -29.9. The van der Waals surface area contributed by atoms with Crippen molar-refractivity contribution >= 4 is 129 Å². The normalized spacial score (nSPS) is 13.2. The third kappa shape index (κ3) is 10.8. The molecule has 0 bridgehead atoms. The van der Waals surface area contributed by atoms with Gasteiger partial charge >= 0.3 is 10.4 Å². The van der Waals surface area contributed by atoms with Gasteiger partial charge in [-0.3, -0.25) is 22.8 Å². The lowest BCUT2D eigenvalue weighted by Gasteiger charge is -2.15. The van der Waals surface area contributed by atoms with E-state index in [1.165, 1.54) is 12.1 Å². The van der Waals surface area contributed by atoms with Gasteiger partial charge in [0.15, 0.2) is 15.6 Å². The summed E-state index contributed by atoms with van der Waals surface area (Å²) in [5.74, 6) is -2.96. The Labute approximate surface area is 365 Å². The van der Waals surface area contributed by atoms with Gasteiger partial charge in [0.2, 0.25) is 17.2 Å². The Morgan fingerprint density at radius 2 is 1.25 bits per heavy atom. The molecule has 0 amide bonds. The lowest BCUT2D eigenvalue weighted by Crippen LogP contribution is -2.15. The molecule has 64 heavy (non-hydrogen) atoms. The van der Waals surface area contributed by atoms with Crippen LogP contribution in [0.3, 0.4) is 0 Å². The highest BCUT2D eigenvalue weighted by Crippen LogP contribution is 2.46. The SMILES string of the molecule is O=S(=O)(O)OCCS(=O)(=O)c1ccc(Nc2nc(Cl)nc(Nc3cc(S(=O)(=O)O)cc4cc(S(=O)(=O)O)c(/N=N/c5ccc6c(S(=O)(=O)O)cccc6c5S(=O)(=O)O)c(O)c34)n2)cc1. The van der Waals surface area contributed by atoms with Crippen LogP contribution >= 0.6 is 11.6 Å². The van der Waals surface area contributed by atoms with Crippen molar-refractivity contribution in [3.63, 3.8) is 0 Å². The minimum absolute atomic E-state index is 0.119. The molecule has 1 heterocycles. The number of aromatic hydroxyl groups is 1. The summed E-state index contributed by atoms with van der Waals surface area (Å²) in [4.78, 5) is 7.42. The van der Waals surface area contributed by atoms with Crippen LogP contribution in [0.2, 0.25) is 5.28 Å². The van der Waals surface area contributed by atoms with Crippen molar-refractivity contribution in [2.24, 2.45) is 10.2 Å². The van der Waals surface area contributed by atoms with Gasteiger partial charge < -0.3 is 15.7 Å². The minimum atomic E-state index is -5.47. The monoisotopic (exact) mass is 1020 g/mol. The second-order valence-corrected chi connectivity index (χ2v) is 21.7.